The van der Waals surface area contributed by atoms with E-state index in [0.29, 0.717) is 0 Å². The van der Waals surface area contributed by atoms with E-state index in [-0.39, 0.29) is 38.9 Å². The molecule has 2 aliphatic heterocycles. The fourth-order valence-corrected chi connectivity index (χ4v) is 8.87. The molecular weight excluding hydrogens is 740 g/mol. The van der Waals surface area contributed by atoms with Crippen molar-refractivity contribution in [3.63, 3.8) is 0 Å². The maximum absolute atomic E-state index is 15.2. The predicted molar refractivity (Wildman–Crippen MR) is 165 cm³/mol. The molecule has 0 bridgehead atoms. The van der Waals surface area contributed by atoms with Gasteiger partial charge in [0.15, 0.2) is 33.0 Å². The summed E-state index contributed by atoms with van der Waals surface area (Å²) in [6.07, 6.45) is 0.543. The normalized spacial score (nSPS) is 28.8. The number of benzene rings is 3. The smallest absolute Gasteiger partial charge is 0.271 e. The summed E-state index contributed by atoms with van der Waals surface area (Å²) in [6.45, 7) is 0. The maximum Gasteiger partial charge on any atom is 0.271 e. The zero-order valence-electron chi connectivity index (χ0n) is 24.6. The van der Waals surface area contributed by atoms with Crippen molar-refractivity contribution in [3.8, 4) is 5.75 Å². The van der Waals surface area contributed by atoms with Gasteiger partial charge in [0.2, 0.25) is 17.6 Å². The second kappa shape index (κ2) is 11.2. The Morgan fingerprint density at radius 3 is 2.10 bits per heavy atom. The summed E-state index contributed by atoms with van der Waals surface area (Å²) in [5.74, 6) is -23.2. The number of amides is 4. The largest absolute Gasteiger partial charge is 0.508 e. The summed E-state index contributed by atoms with van der Waals surface area (Å²) in [6, 6.07) is 8.08. The number of fused-ring (bicyclic) bond motifs is 4. The molecule has 258 valence electrons. The molecule has 2 saturated heterocycles. The number of hydrogen-bond acceptors (Lipinski definition) is 7. The Morgan fingerprint density at radius 1 is 0.840 bits per heavy atom. The summed E-state index contributed by atoms with van der Waals surface area (Å²) in [5, 5.41) is 21.2. The first-order valence-electron chi connectivity index (χ1n) is 14.6. The monoisotopic (exact) mass is 755 g/mol. The summed E-state index contributed by atoms with van der Waals surface area (Å²) >= 11 is 20.6. The van der Waals surface area contributed by atoms with Crippen LogP contribution < -0.4 is 9.80 Å². The third-order valence-electron chi connectivity index (χ3n) is 9.82. The summed E-state index contributed by atoms with van der Waals surface area (Å²) in [4.78, 5) is 61.9. The standard InChI is InChI=1S/C32H17Cl3F5N3O7/c33-18-9-13(44)4-5-15(18)20-14-6-7-16-19(28(46)41(27(16)45)11-2-1-3-12(8-11)43(49)50)17(14)10-31(34)29(47)42(30(48)32(20,31)35)26-24(39)22(37)21(36)23(38)25(26)40/h1-6,8-9,16-17,19-20,44H,7,10H2. The van der Waals surface area contributed by atoms with Crippen molar-refractivity contribution in [1.82, 2.24) is 0 Å². The number of hydrogen-bond donors (Lipinski definition) is 1. The Labute approximate surface area is 291 Å². The number of nitro benzene ring substituents is 1. The Morgan fingerprint density at radius 2 is 1.48 bits per heavy atom. The van der Waals surface area contributed by atoms with E-state index in [2.05, 4.69) is 0 Å². The van der Waals surface area contributed by atoms with E-state index in [1.54, 1.807) is 0 Å². The first-order valence-corrected chi connectivity index (χ1v) is 15.7. The molecule has 2 heterocycles. The van der Waals surface area contributed by atoms with Gasteiger partial charge in [0.05, 0.1) is 22.4 Å². The van der Waals surface area contributed by atoms with Gasteiger partial charge in [-0.2, -0.15) is 0 Å². The number of anilines is 2. The van der Waals surface area contributed by atoms with Crippen LogP contribution in [0.1, 0.15) is 24.3 Å². The van der Waals surface area contributed by atoms with E-state index in [0.717, 1.165) is 29.2 Å². The highest BCUT2D eigenvalue weighted by Crippen LogP contribution is 2.66. The van der Waals surface area contributed by atoms with Crippen molar-refractivity contribution in [2.45, 2.75) is 28.5 Å². The molecule has 4 amide bonds. The second-order valence-corrected chi connectivity index (χ2v) is 13.8. The molecule has 4 aliphatic rings. The van der Waals surface area contributed by atoms with Crippen LogP contribution in [0.25, 0.3) is 0 Å². The molecule has 1 N–H and O–H groups in total. The van der Waals surface area contributed by atoms with Gasteiger partial charge in [0.1, 0.15) is 11.4 Å². The minimum absolute atomic E-state index is 0.0772. The average molecular weight is 757 g/mol. The van der Waals surface area contributed by atoms with E-state index >= 15 is 8.78 Å². The van der Waals surface area contributed by atoms with Crippen molar-refractivity contribution in [2.24, 2.45) is 17.8 Å². The first kappa shape index (κ1) is 33.9. The molecule has 6 unspecified atom stereocenters. The molecule has 0 aromatic heterocycles. The number of phenolic OH excluding ortho intramolecular Hbond substituents is 1. The molecule has 3 aromatic rings. The van der Waals surface area contributed by atoms with Gasteiger partial charge in [-0.3, -0.25) is 29.3 Å². The number of aromatic hydroxyl groups is 1. The molecule has 1 saturated carbocycles. The van der Waals surface area contributed by atoms with Gasteiger partial charge in [-0.05, 0) is 42.5 Å². The van der Waals surface area contributed by atoms with E-state index in [9.17, 15) is 47.6 Å². The highest BCUT2D eigenvalue weighted by molar-refractivity contribution is 6.58. The number of allylic oxidation sites excluding steroid dienone is 2. The minimum Gasteiger partial charge on any atom is -0.508 e. The van der Waals surface area contributed by atoms with Crippen molar-refractivity contribution >= 4 is 75.5 Å². The zero-order chi connectivity index (χ0) is 36.4. The fourth-order valence-electron chi connectivity index (χ4n) is 7.66. The third-order valence-corrected chi connectivity index (χ3v) is 11.6. The number of rotatable bonds is 4. The molecule has 7 rings (SSSR count). The fraction of sp³-hybridized carbons (Fsp3) is 0.250. The van der Waals surface area contributed by atoms with Gasteiger partial charge in [-0.15, -0.1) is 23.2 Å². The van der Waals surface area contributed by atoms with Gasteiger partial charge in [0.25, 0.3) is 17.5 Å². The summed E-state index contributed by atoms with van der Waals surface area (Å²) in [7, 11) is 0. The topological polar surface area (TPSA) is 138 Å². The third kappa shape index (κ3) is 4.26. The van der Waals surface area contributed by atoms with E-state index in [1.165, 1.54) is 24.3 Å². The van der Waals surface area contributed by atoms with Crippen LogP contribution in [0.15, 0.2) is 54.1 Å². The molecule has 50 heavy (non-hydrogen) atoms. The van der Waals surface area contributed by atoms with Crippen LogP contribution in [0.5, 0.6) is 5.75 Å². The van der Waals surface area contributed by atoms with Crippen LogP contribution in [-0.4, -0.2) is 43.4 Å². The lowest BCUT2D eigenvalue weighted by Gasteiger charge is -2.50. The van der Waals surface area contributed by atoms with E-state index in [1.807, 2.05) is 0 Å². The predicted octanol–water partition coefficient (Wildman–Crippen LogP) is 6.42. The van der Waals surface area contributed by atoms with Gasteiger partial charge < -0.3 is 5.11 Å². The molecule has 6 atom stereocenters. The SMILES string of the molecule is O=C1C2CC=C3C(CC4(Cl)C(=O)N(c5c(F)c(F)c(F)c(F)c5F)C(=O)C4(Cl)C3c3ccc(O)cc3Cl)C2C(=O)N1c1cccc([N+](=O)[O-])c1. The van der Waals surface area contributed by atoms with Crippen molar-refractivity contribution in [1.29, 1.82) is 0 Å². The van der Waals surface area contributed by atoms with Crippen molar-refractivity contribution in [2.75, 3.05) is 9.80 Å². The van der Waals surface area contributed by atoms with Crippen LogP contribution in [0.2, 0.25) is 5.02 Å². The molecule has 0 spiro atoms. The lowest BCUT2D eigenvalue weighted by Crippen LogP contribution is -2.60. The Kier molecular flexibility index (Phi) is 7.59. The number of carbonyl (C=O) groups is 4. The van der Waals surface area contributed by atoms with Crippen molar-refractivity contribution < 1.29 is 51.2 Å². The number of alkyl halides is 2. The Hall–Kier alpha value is -4.60. The number of carbonyl (C=O) groups excluding carboxylic acids is 4. The van der Waals surface area contributed by atoms with Gasteiger partial charge >= 0.3 is 0 Å². The molecular formula is C32H17Cl3F5N3O7. The summed E-state index contributed by atoms with van der Waals surface area (Å²) < 4.78 is 73.1. The lowest BCUT2D eigenvalue weighted by molar-refractivity contribution is -0.384. The molecule has 2 aliphatic carbocycles. The average Bonchev–Trinajstić information content (AvgIpc) is 3.41. The van der Waals surface area contributed by atoms with E-state index < -0.39 is 109 Å². The van der Waals surface area contributed by atoms with Crippen LogP contribution in [0.3, 0.4) is 0 Å². The number of nitrogens with zero attached hydrogens (tertiary/aromatic N) is 3. The highest BCUT2D eigenvalue weighted by atomic mass is 35.5. The zero-order valence-corrected chi connectivity index (χ0v) is 26.9. The quantitative estimate of drug-likeness (QED) is 0.0474. The van der Waals surface area contributed by atoms with Crippen LogP contribution in [0.4, 0.5) is 39.0 Å². The first-order chi connectivity index (χ1) is 23.5. The maximum atomic E-state index is 15.2. The highest BCUT2D eigenvalue weighted by Gasteiger charge is 2.77. The Balaban J connectivity index is 1.43. The van der Waals surface area contributed by atoms with Gasteiger partial charge in [-0.25, -0.2) is 31.8 Å². The van der Waals surface area contributed by atoms with Crippen LogP contribution >= 0.6 is 34.8 Å². The number of nitro groups is 1. The molecule has 3 aromatic carbocycles. The van der Waals surface area contributed by atoms with Gasteiger partial charge in [-0.1, -0.05) is 35.4 Å². The molecule has 10 nitrogen and oxygen atoms in total. The number of halogens is 8. The summed E-state index contributed by atoms with van der Waals surface area (Å²) in [5.41, 5.74) is -2.43. The molecule has 0 radical (unpaired) electrons. The Bertz CT molecular complexity index is 2140. The van der Waals surface area contributed by atoms with Crippen LogP contribution in [-0.2, 0) is 19.2 Å². The molecule has 3 fully saturated rings. The lowest BCUT2D eigenvalue weighted by atomic mass is 9.56. The second-order valence-electron chi connectivity index (χ2n) is 12.2. The molecule has 18 heteroatoms. The number of phenols is 1. The number of imide groups is 2. The van der Waals surface area contributed by atoms with Crippen LogP contribution in [0, 0.1) is 57.0 Å². The minimum atomic E-state index is -2.80. The van der Waals surface area contributed by atoms with Crippen molar-refractivity contribution in [3.05, 3.63) is 104 Å². The van der Waals surface area contributed by atoms with Gasteiger partial charge in [0, 0.05) is 23.1 Å². The number of non-ortho nitro benzene ring substituents is 1. The van der Waals surface area contributed by atoms with E-state index in [4.69, 9.17) is 34.8 Å².